The van der Waals surface area contributed by atoms with Crippen molar-refractivity contribution >= 4 is 33.2 Å². The lowest BCUT2D eigenvalue weighted by Crippen LogP contribution is -2.36. The maximum absolute atomic E-state index is 11.1. The van der Waals surface area contributed by atoms with Gasteiger partial charge in [0.15, 0.2) is 5.79 Å². The molecule has 2 heterocycles. The van der Waals surface area contributed by atoms with Gasteiger partial charge in [0.05, 0.1) is 13.2 Å². The topological polar surface area (TPSA) is 55.8 Å². The molecule has 2 aliphatic rings. The van der Waals surface area contributed by atoms with Crippen molar-refractivity contribution in [3.63, 3.8) is 0 Å². The van der Waals surface area contributed by atoms with E-state index < -0.39 is 11.8 Å². The molecule has 1 N–H and O–H groups in total. The van der Waals surface area contributed by atoms with E-state index in [4.69, 9.17) is 14.6 Å². The number of carboxylic acid groups (broad SMARTS) is 1. The highest BCUT2D eigenvalue weighted by molar-refractivity contribution is 9.10. The van der Waals surface area contributed by atoms with E-state index in [0.29, 0.717) is 29.0 Å². The molecular weight excluding hydrogens is 308 g/mol. The number of hydrogen-bond acceptors (Lipinski definition) is 4. The lowest BCUT2D eigenvalue weighted by molar-refractivity contribution is -0.163. The number of aryl methyl sites for hydroxylation is 1. The number of hydrogen-bond donors (Lipinski definition) is 1. The van der Waals surface area contributed by atoms with Crippen molar-refractivity contribution in [2.24, 2.45) is 0 Å². The Morgan fingerprint density at radius 1 is 1.41 bits per heavy atom. The molecule has 0 aromatic carbocycles. The fraction of sp³-hybridized carbons (Fsp3) is 0.545. The van der Waals surface area contributed by atoms with Crippen molar-refractivity contribution in [2.75, 3.05) is 13.2 Å². The van der Waals surface area contributed by atoms with Crippen LogP contribution < -0.4 is 0 Å². The fourth-order valence-corrected chi connectivity index (χ4v) is 4.38. The van der Waals surface area contributed by atoms with Crippen molar-refractivity contribution in [2.45, 2.75) is 25.0 Å². The van der Waals surface area contributed by atoms with Crippen molar-refractivity contribution in [1.29, 1.82) is 0 Å². The lowest BCUT2D eigenvalue weighted by Gasteiger charge is -2.31. The van der Waals surface area contributed by atoms with E-state index in [0.717, 1.165) is 23.3 Å². The van der Waals surface area contributed by atoms with E-state index in [1.54, 1.807) is 0 Å². The van der Waals surface area contributed by atoms with Crippen LogP contribution >= 0.6 is 27.3 Å². The Morgan fingerprint density at radius 2 is 2.12 bits per heavy atom. The van der Waals surface area contributed by atoms with Gasteiger partial charge in [0, 0.05) is 22.2 Å². The number of thiophene rings is 1. The average molecular weight is 319 g/mol. The number of carboxylic acids is 1. The number of carbonyl (C=O) groups is 1. The minimum atomic E-state index is -0.876. The number of aromatic carboxylic acids is 1. The van der Waals surface area contributed by atoms with Crippen molar-refractivity contribution in [3.8, 4) is 0 Å². The predicted octanol–water partition coefficient (Wildman–Crippen LogP) is 2.44. The Morgan fingerprint density at radius 3 is 2.76 bits per heavy atom. The molecule has 1 aromatic heterocycles. The Labute approximate surface area is 111 Å². The Hall–Kier alpha value is -0.430. The van der Waals surface area contributed by atoms with Gasteiger partial charge < -0.3 is 14.6 Å². The second kappa shape index (κ2) is 4.05. The molecule has 0 unspecified atom stereocenters. The van der Waals surface area contributed by atoms with Gasteiger partial charge in [-0.2, -0.15) is 0 Å². The zero-order valence-corrected chi connectivity index (χ0v) is 11.4. The summed E-state index contributed by atoms with van der Waals surface area (Å²) in [5.74, 6) is -1.38. The minimum absolute atomic E-state index is 0.380. The second-order valence-electron chi connectivity index (χ2n) is 4.24. The van der Waals surface area contributed by atoms with Crippen LogP contribution in [0.5, 0.6) is 0 Å². The first-order valence-electron chi connectivity index (χ1n) is 5.42. The van der Waals surface area contributed by atoms with Crippen molar-refractivity contribution in [3.05, 3.63) is 19.8 Å². The van der Waals surface area contributed by atoms with Crippen molar-refractivity contribution < 1.29 is 19.4 Å². The summed E-state index contributed by atoms with van der Waals surface area (Å²) in [6.07, 6.45) is 2.28. The largest absolute Gasteiger partial charge is 0.477 e. The highest BCUT2D eigenvalue weighted by atomic mass is 79.9. The van der Waals surface area contributed by atoms with Crippen LogP contribution in [0.1, 0.15) is 26.5 Å². The van der Waals surface area contributed by atoms with Gasteiger partial charge in [-0.05, 0) is 27.9 Å². The van der Waals surface area contributed by atoms with Gasteiger partial charge >= 0.3 is 5.97 Å². The van der Waals surface area contributed by atoms with Crippen LogP contribution in [0.3, 0.4) is 0 Å². The fourth-order valence-electron chi connectivity index (χ4n) is 2.41. The molecule has 0 saturated carbocycles. The van der Waals surface area contributed by atoms with Crippen LogP contribution in [-0.2, 0) is 22.3 Å². The summed E-state index contributed by atoms with van der Waals surface area (Å²) in [7, 11) is 0. The zero-order valence-electron chi connectivity index (χ0n) is 8.99. The Bertz CT molecular complexity index is 476. The summed E-state index contributed by atoms with van der Waals surface area (Å²) in [5, 5.41) is 9.09. The third-order valence-corrected chi connectivity index (χ3v) is 5.63. The second-order valence-corrected chi connectivity index (χ2v) is 6.13. The molecule has 6 heteroatoms. The Balaban J connectivity index is 1.99. The summed E-state index contributed by atoms with van der Waals surface area (Å²) in [4.78, 5) is 12.6. The molecular formula is C11H11BrO4S. The minimum Gasteiger partial charge on any atom is -0.477 e. The SMILES string of the molecule is O=C(O)c1sc2c(c1Br)CC1(CC2)OCCO1. The van der Waals surface area contributed by atoms with Gasteiger partial charge in [-0.15, -0.1) is 11.3 Å². The van der Waals surface area contributed by atoms with Gasteiger partial charge in [-0.1, -0.05) is 0 Å². The summed E-state index contributed by atoms with van der Waals surface area (Å²) in [5.41, 5.74) is 1.04. The number of rotatable bonds is 1. The van der Waals surface area contributed by atoms with Crippen LogP contribution in [0.25, 0.3) is 0 Å². The standard InChI is InChI=1S/C11H11BrO4S/c12-8-6-5-11(15-3-4-16-11)2-1-7(6)17-9(8)10(13)14/h1-5H2,(H,13,14). The predicted molar refractivity (Wildman–Crippen MR) is 65.6 cm³/mol. The molecule has 92 valence electrons. The van der Waals surface area contributed by atoms with E-state index in [1.165, 1.54) is 11.3 Å². The smallest absolute Gasteiger partial charge is 0.347 e. The molecule has 0 radical (unpaired) electrons. The van der Waals surface area contributed by atoms with Crippen LogP contribution in [0.4, 0.5) is 0 Å². The molecule has 17 heavy (non-hydrogen) atoms. The van der Waals surface area contributed by atoms with E-state index in [2.05, 4.69) is 15.9 Å². The van der Waals surface area contributed by atoms with E-state index >= 15 is 0 Å². The quantitative estimate of drug-likeness (QED) is 0.864. The van der Waals surface area contributed by atoms with Gasteiger partial charge in [0.1, 0.15) is 4.88 Å². The first-order chi connectivity index (χ1) is 8.11. The van der Waals surface area contributed by atoms with Gasteiger partial charge in [-0.3, -0.25) is 0 Å². The van der Waals surface area contributed by atoms with E-state index in [1.807, 2.05) is 0 Å². The molecule has 0 bridgehead atoms. The van der Waals surface area contributed by atoms with E-state index in [9.17, 15) is 4.79 Å². The zero-order chi connectivity index (χ0) is 12.0. The number of fused-ring (bicyclic) bond motifs is 1. The molecule has 0 amide bonds. The van der Waals surface area contributed by atoms with E-state index in [-0.39, 0.29) is 0 Å². The first kappa shape index (κ1) is 11.6. The Kier molecular flexibility index (Phi) is 2.77. The lowest BCUT2D eigenvalue weighted by atomic mass is 9.93. The normalized spacial score (nSPS) is 21.7. The monoisotopic (exact) mass is 318 g/mol. The molecule has 3 rings (SSSR count). The first-order valence-corrected chi connectivity index (χ1v) is 7.03. The maximum atomic E-state index is 11.1. The molecule has 1 fully saturated rings. The molecule has 1 spiro atoms. The third kappa shape index (κ3) is 1.83. The maximum Gasteiger partial charge on any atom is 0.347 e. The number of ether oxygens (including phenoxy) is 2. The highest BCUT2D eigenvalue weighted by Gasteiger charge is 2.42. The molecule has 1 aliphatic heterocycles. The van der Waals surface area contributed by atoms with Gasteiger partial charge in [0.25, 0.3) is 0 Å². The van der Waals surface area contributed by atoms with Crippen molar-refractivity contribution in [1.82, 2.24) is 0 Å². The molecule has 1 aliphatic carbocycles. The van der Waals surface area contributed by atoms with Gasteiger partial charge in [-0.25, -0.2) is 4.79 Å². The van der Waals surface area contributed by atoms with Crippen LogP contribution in [0.2, 0.25) is 0 Å². The molecule has 4 nitrogen and oxygen atoms in total. The average Bonchev–Trinajstić information content (AvgIpc) is 2.86. The summed E-state index contributed by atoms with van der Waals surface area (Å²) >= 11 is 4.74. The molecule has 0 atom stereocenters. The highest BCUT2D eigenvalue weighted by Crippen LogP contribution is 2.43. The summed E-state index contributed by atoms with van der Waals surface area (Å²) < 4.78 is 12.1. The molecule has 1 saturated heterocycles. The number of halogens is 1. The van der Waals surface area contributed by atoms with Gasteiger partial charge in [0.2, 0.25) is 0 Å². The van der Waals surface area contributed by atoms with Crippen LogP contribution in [0, 0.1) is 0 Å². The van der Waals surface area contributed by atoms with Crippen LogP contribution in [-0.4, -0.2) is 30.1 Å². The summed E-state index contributed by atoms with van der Waals surface area (Å²) in [6, 6.07) is 0. The van der Waals surface area contributed by atoms with Crippen LogP contribution in [0.15, 0.2) is 4.47 Å². The molecule has 1 aromatic rings. The third-order valence-electron chi connectivity index (χ3n) is 3.21. The summed E-state index contributed by atoms with van der Waals surface area (Å²) in [6.45, 7) is 1.26.